The van der Waals surface area contributed by atoms with Gasteiger partial charge < -0.3 is 4.90 Å². The first-order valence-electron chi connectivity index (χ1n) is 19.5. The molecule has 0 N–H and O–H groups in total. The summed E-state index contributed by atoms with van der Waals surface area (Å²) in [5, 5.41) is 7.77. The third-order valence-corrected chi connectivity index (χ3v) is 12.5. The Labute approximate surface area is 326 Å². The lowest BCUT2D eigenvalue weighted by Gasteiger charge is -2.31. The molecule has 0 fully saturated rings. The molecule has 0 saturated carbocycles. The molecule has 12 rings (SSSR count). The lowest BCUT2D eigenvalue weighted by atomic mass is 9.70. The van der Waals surface area contributed by atoms with Gasteiger partial charge in [-0.05, 0) is 130 Å². The highest BCUT2D eigenvalue weighted by molar-refractivity contribution is 6.25. The zero-order chi connectivity index (χ0) is 36.8. The number of rotatable bonds is 4. The minimum absolute atomic E-state index is 0.353. The number of hydrogen-bond donors (Lipinski definition) is 0. The molecule has 1 nitrogen and oxygen atoms in total. The fraction of sp³-hybridized carbons (Fsp3) is 0.0182. The summed E-state index contributed by atoms with van der Waals surface area (Å²) in [4.78, 5) is 2.40. The number of hydrogen-bond acceptors (Lipinski definition) is 1. The van der Waals surface area contributed by atoms with Crippen LogP contribution < -0.4 is 4.90 Å². The monoisotopic (exact) mass is 709 g/mol. The number of benzene rings is 10. The van der Waals surface area contributed by atoms with Gasteiger partial charge in [-0.1, -0.05) is 170 Å². The second-order valence-electron chi connectivity index (χ2n) is 15.2. The van der Waals surface area contributed by atoms with Crippen LogP contribution in [-0.4, -0.2) is 0 Å². The summed E-state index contributed by atoms with van der Waals surface area (Å²) in [5.74, 6) is 0. The number of nitrogens with zero attached hydrogens (tertiary/aromatic N) is 1. The van der Waals surface area contributed by atoms with E-state index in [1.54, 1.807) is 0 Å². The summed E-state index contributed by atoms with van der Waals surface area (Å²) in [6.45, 7) is 0. The molecule has 1 spiro atoms. The molecule has 10 aromatic carbocycles. The van der Waals surface area contributed by atoms with Crippen molar-refractivity contribution < 1.29 is 0 Å². The maximum absolute atomic E-state index is 2.42. The van der Waals surface area contributed by atoms with Crippen LogP contribution in [0, 0.1) is 0 Å². The molecule has 0 heterocycles. The van der Waals surface area contributed by atoms with Crippen LogP contribution in [0.4, 0.5) is 17.1 Å². The molecule has 2 aliphatic rings. The fourth-order valence-corrected chi connectivity index (χ4v) is 10.1. The molecule has 0 aromatic heterocycles. The van der Waals surface area contributed by atoms with Crippen molar-refractivity contribution in [2.75, 3.05) is 4.90 Å². The summed E-state index contributed by atoms with van der Waals surface area (Å²) >= 11 is 0. The van der Waals surface area contributed by atoms with E-state index in [4.69, 9.17) is 0 Å². The van der Waals surface area contributed by atoms with E-state index in [2.05, 4.69) is 217 Å². The standard InChI is InChI=1S/C55H35N/c1-2-14-38(15-3-1)56(39-29-26-36(27-30-39)37-28-32-45-43-18-5-4-16-41(43)42-17-6-7-19-44(42)49(45)34-37)40-31-33-54-50(35-40)48-22-10-13-25-53(48)55(54)51-23-11-8-20-46(51)47-21-9-12-24-52(47)55/h1-35H. The Bertz CT molecular complexity index is 3110. The average Bonchev–Trinajstić information content (AvgIpc) is 3.74. The topological polar surface area (TPSA) is 3.24 Å². The van der Waals surface area contributed by atoms with E-state index in [1.165, 1.54) is 88.0 Å². The molecule has 2 aliphatic carbocycles. The van der Waals surface area contributed by atoms with E-state index in [9.17, 15) is 0 Å². The molecule has 0 unspecified atom stereocenters. The third kappa shape index (κ3) is 4.26. The van der Waals surface area contributed by atoms with Crippen LogP contribution in [0.3, 0.4) is 0 Å². The highest BCUT2D eigenvalue weighted by Crippen LogP contribution is 2.63. The minimum atomic E-state index is -0.353. The van der Waals surface area contributed by atoms with E-state index in [0.717, 1.165) is 17.1 Å². The maximum atomic E-state index is 2.42. The van der Waals surface area contributed by atoms with Crippen molar-refractivity contribution in [2.24, 2.45) is 0 Å². The molecular formula is C55H35N. The molecule has 10 aromatic rings. The Hall–Kier alpha value is -7.22. The van der Waals surface area contributed by atoms with E-state index in [0.29, 0.717) is 0 Å². The van der Waals surface area contributed by atoms with Crippen LogP contribution >= 0.6 is 0 Å². The quantitative estimate of drug-likeness (QED) is 0.164. The van der Waals surface area contributed by atoms with Gasteiger partial charge in [0.15, 0.2) is 0 Å². The molecule has 1 heteroatoms. The van der Waals surface area contributed by atoms with E-state index in [-0.39, 0.29) is 5.41 Å². The first kappa shape index (κ1) is 31.2. The predicted molar refractivity (Wildman–Crippen MR) is 235 cm³/mol. The molecule has 0 radical (unpaired) electrons. The molecule has 260 valence electrons. The van der Waals surface area contributed by atoms with Crippen molar-refractivity contribution in [3.8, 4) is 33.4 Å². The lowest BCUT2D eigenvalue weighted by Crippen LogP contribution is -2.25. The van der Waals surface area contributed by atoms with Gasteiger partial charge in [0.1, 0.15) is 0 Å². The Morgan fingerprint density at radius 2 is 0.661 bits per heavy atom. The van der Waals surface area contributed by atoms with Crippen molar-refractivity contribution >= 4 is 49.4 Å². The Morgan fingerprint density at radius 3 is 1.25 bits per heavy atom. The summed E-state index contributed by atoms with van der Waals surface area (Å²) in [5.41, 5.74) is 16.1. The highest BCUT2D eigenvalue weighted by atomic mass is 15.1. The molecule has 56 heavy (non-hydrogen) atoms. The number of anilines is 3. The van der Waals surface area contributed by atoms with Gasteiger partial charge >= 0.3 is 0 Å². The second kappa shape index (κ2) is 11.9. The summed E-state index contributed by atoms with van der Waals surface area (Å²) in [6.07, 6.45) is 0. The first-order chi connectivity index (χ1) is 27.8. The largest absolute Gasteiger partial charge is 0.310 e. The Balaban J connectivity index is 1.00. The number of para-hydroxylation sites is 1. The lowest BCUT2D eigenvalue weighted by molar-refractivity contribution is 0.794. The first-order valence-corrected chi connectivity index (χ1v) is 19.5. The highest BCUT2D eigenvalue weighted by Gasteiger charge is 2.51. The van der Waals surface area contributed by atoms with Crippen LogP contribution in [-0.2, 0) is 5.41 Å². The van der Waals surface area contributed by atoms with E-state index in [1.807, 2.05) is 0 Å². The normalized spacial score (nSPS) is 13.1. The van der Waals surface area contributed by atoms with Gasteiger partial charge in [0.05, 0.1) is 5.41 Å². The van der Waals surface area contributed by atoms with E-state index >= 15 is 0 Å². The zero-order valence-electron chi connectivity index (χ0n) is 30.7. The van der Waals surface area contributed by atoms with Crippen molar-refractivity contribution in [1.29, 1.82) is 0 Å². The smallest absolute Gasteiger partial charge is 0.0725 e. The Kier molecular flexibility index (Phi) is 6.62. The molecule has 0 aliphatic heterocycles. The summed E-state index contributed by atoms with van der Waals surface area (Å²) in [7, 11) is 0. The van der Waals surface area contributed by atoms with Gasteiger partial charge in [-0.3, -0.25) is 0 Å². The SMILES string of the molecule is c1ccc(N(c2ccc(-c3ccc4c5ccccc5c5ccccc5c4c3)cc2)c2ccc3c(c2)-c2ccccc2C32c3ccccc3-c3ccccc32)cc1. The van der Waals surface area contributed by atoms with Gasteiger partial charge in [-0.2, -0.15) is 0 Å². The van der Waals surface area contributed by atoms with Crippen molar-refractivity contribution in [1.82, 2.24) is 0 Å². The van der Waals surface area contributed by atoms with Crippen LogP contribution in [0.5, 0.6) is 0 Å². The van der Waals surface area contributed by atoms with Crippen LogP contribution in [0.15, 0.2) is 212 Å². The van der Waals surface area contributed by atoms with Gasteiger partial charge in [0, 0.05) is 17.1 Å². The molecule has 0 amide bonds. The van der Waals surface area contributed by atoms with Gasteiger partial charge in [0.2, 0.25) is 0 Å². The van der Waals surface area contributed by atoms with Crippen molar-refractivity contribution in [3.63, 3.8) is 0 Å². The maximum Gasteiger partial charge on any atom is 0.0725 e. The van der Waals surface area contributed by atoms with Crippen molar-refractivity contribution in [3.05, 3.63) is 235 Å². The number of fused-ring (bicyclic) bond motifs is 16. The fourth-order valence-electron chi connectivity index (χ4n) is 10.1. The third-order valence-electron chi connectivity index (χ3n) is 12.5. The zero-order valence-corrected chi connectivity index (χ0v) is 30.7. The van der Waals surface area contributed by atoms with Crippen LogP contribution in [0.25, 0.3) is 65.7 Å². The summed E-state index contributed by atoms with van der Waals surface area (Å²) in [6, 6.07) is 78.6. The predicted octanol–water partition coefficient (Wildman–Crippen LogP) is 14.6. The molecule has 0 saturated heterocycles. The molecule has 0 atom stereocenters. The van der Waals surface area contributed by atoms with Crippen LogP contribution in [0.2, 0.25) is 0 Å². The minimum Gasteiger partial charge on any atom is -0.310 e. The average molecular weight is 710 g/mol. The van der Waals surface area contributed by atoms with Crippen LogP contribution in [0.1, 0.15) is 22.3 Å². The van der Waals surface area contributed by atoms with Gasteiger partial charge in [-0.25, -0.2) is 0 Å². The molecular weight excluding hydrogens is 675 g/mol. The van der Waals surface area contributed by atoms with Crippen molar-refractivity contribution in [2.45, 2.75) is 5.41 Å². The summed E-state index contributed by atoms with van der Waals surface area (Å²) < 4.78 is 0. The van der Waals surface area contributed by atoms with Gasteiger partial charge in [0.25, 0.3) is 0 Å². The molecule has 0 bridgehead atoms. The van der Waals surface area contributed by atoms with Gasteiger partial charge in [-0.15, -0.1) is 0 Å². The second-order valence-corrected chi connectivity index (χ2v) is 15.2. The Morgan fingerprint density at radius 1 is 0.250 bits per heavy atom. The van der Waals surface area contributed by atoms with E-state index < -0.39 is 0 Å².